The van der Waals surface area contributed by atoms with Crippen LogP contribution in [0.3, 0.4) is 0 Å². The third-order valence-corrected chi connectivity index (χ3v) is 5.17. The fraction of sp³-hybridized carbons (Fsp3) is 0.409. The van der Waals surface area contributed by atoms with Crippen LogP contribution in [0.15, 0.2) is 53.5 Å². The number of hydrogen-bond acceptors (Lipinski definition) is 3. The van der Waals surface area contributed by atoms with E-state index < -0.39 is 0 Å². The molecule has 0 spiro atoms. The van der Waals surface area contributed by atoms with E-state index in [0.29, 0.717) is 25.7 Å². The van der Waals surface area contributed by atoms with E-state index in [2.05, 4.69) is 16.4 Å². The molecular formula is C22H28ClN3O2. The van der Waals surface area contributed by atoms with Gasteiger partial charge >= 0.3 is 0 Å². The molecule has 0 bridgehead atoms. The lowest BCUT2D eigenvalue weighted by molar-refractivity contribution is 0.0531. The number of rotatable bonds is 6. The first-order chi connectivity index (χ1) is 13.5. The van der Waals surface area contributed by atoms with Crippen LogP contribution in [-0.2, 0) is 10.2 Å². The first kappa shape index (κ1) is 20.5. The van der Waals surface area contributed by atoms with E-state index in [4.69, 9.17) is 26.8 Å². The largest absolute Gasteiger partial charge is 0.491 e. The zero-order valence-corrected chi connectivity index (χ0v) is 17.2. The Labute approximate surface area is 171 Å². The van der Waals surface area contributed by atoms with E-state index in [-0.39, 0.29) is 11.5 Å². The molecule has 6 heteroatoms. The minimum atomic E-state index is -0.107. The number of nitrogens with two attached hydrogens (primary N) is 1. The zero-order chi connectivity index (χ0) is 20.0. The molecule has 2 aromatic rings. The van der Waals surface area contributed by atoms with Gasteiger partial charge in [0.25, 0.3) is 0 Å². The highest BCUT2D eigenvalue weighted by Crippen LogP contribution is 2.36. The van der Waals surface area contributed by atoms with Crippen LogP contribution in [0.1, 0.15) is 32.3 Å². The predicted molar refractivity (Wildman–Crippen MR) is 116 cm³/mol. The Balaban J connectivity index is 1.70. The fourth-order valence-corrected chi connectivity index (χ4v) is 3.62. The van der Waals surface area contributed by atoms with Crippen molar-refractivity contribution in [2.45, 2.75) is 38.2 Å². The average molecular weight is 402 g/mol. The molecule has 150 valence electrons. The maximum absolute atomic E-state index is 6.23. The Morgan fingerprint density at radius 1 is 1.21 bits per heavy atom. The second-order valence-electron chi connectivity index (χ2n) is 7.42. The van der Waals surface area contributed by atoms with Crippen molar-refractivity contribution in [3.05, 3.63) is 59.1 Å². The summed E-state index contributed by atoms with van der Waals surface area (Å²) >= 11 is 6.23. The van der Waals surface area contributed by atoms with Crippen LogP contribution in [0.4, 0.5) is 5.69 Å². The van der Waals surface area contributed by atoms with Crippen molar-refractivity contribution in [2.75, 3.05) is 25.1 Å². The number of nitrogens with one attached hydrogen (secondary N) is 1. The summed E-state index contributed by atoms with van der Waals surface area (Å²) in [6.45, 7) is 6.02. The number of halogens is 1. The number of guanidine groups is 1. The molecule has 0 amide bonds. The maximum Gasteiger partial charge on any atom is 0.193 e. The molecule has 5 nitrogen and oxygen atoms in total. The van der Waals surface area contributed by atoms with Gasteiger partial charge in [-0.1, -0.05) is 23.7 Å². The van der Waals surface area contributed by atoms with Gasteiger partial charge in [0.15, 0.2) is 5.96 Å². The van der Waals surface area contributed by atoms with Crippen LogP contribution in [-0.4, -0.2) is 31.8 Å². The average Bonchev–Trinajstić information content (AvgIpc) is 2.68. The molecule has 0 unspecified atom stereocenters. The van der Waals surface area contributed by atoms with Gasteiger partial charge in [-0.3, -0.25) is 4.99 Å². The van der Waals surface area contributed by atoms with Crippen molar-refractivity contribution in [3.63, 3.8) is 0 Å². The summed E-state index contributed by atoms with van der Waals surface area (Å²) < 4.78 is 11.2. The van der Waals surface area contributed by atoms with Gasteiger partial charge in [0, 0.05) is 29.3 Å². The van der Waals surface area contributed by atoms with Gasteiger partial charge < -0.3 is 20.5 Å². The third kappa shape index (κ3) is 5.40. The highest BCUT2D eigenvalue weighted by Gasteiger charge is 2.34. The first-order valence-electron chi connectivity index (χ1n) is 9.64. The van der Waals surface area contributed by atoms with E-state index in [0.717, 1.165) is 29.3 Å². The Hall–Kier alpha value is -2.24. The lowest BCUT2D eigenvalue weighted by Crippen LogP contribution is -2.38. The summed E-state index contributed by atoms with van der Waals surface area (Å²) in [5.41, 5.74) is 8.12. The normalized spacial score (nSPS) is 16.8. The van der Waals surface area contributed by atoms with Crippen molar-refractivity contribution in [2.24, 2.45) is 10.7 Å². The molecule has 1 heterocycles. The molecule has 28 heavy (non-hydrogen) atoms. The summed E-state index contributed by atoms with van der Waals surface area (Å²) in [6.07, 6.45) is 1.93. The molecule has 1 saturated heterocycles. The van der Waals surface area contributed by atoms with Gasteiger partial charge in [0.2, 0.25) is 0 Å². The van der Waals surface area contributed by atoms with Crippen LogP contribution in [0, 0.1) is 0 Å². The van der Waals surface area contributed by atoms with E-state index in [1.165, 1.54) is 5.56 Å². The van der Waals surface area contributed by atoms with E-state index in [1.807, 2.05) is 56.3 Å². The molecule has 0 aromatic heterocycles. The molecule has 0 aliphatic carbocycles. The molecule has 0 radical (unpaired) electrons. The first-order valence-corrected chi connectivity index (χ1v) is 10.0. The Kier molecular flexibility index (Phi) is 6.81. The fourth-order valence-electron chi connectivity index (χ4n) is 3.43. The number of hydrogen-bond donors (Lipinski definition) is 2. The molecule has 2 aromatic carbocycles. The van der Waals surface area contributed by atoms with Crippen molar-refractivity contribution in [1.82, 2.24) is 0 Å². The molecular weight excluding hydrogens is 374 g/mol. The van der Waals surface area contributed by atoms with Crippen molar-refractivity contribution < 1.29 is 9.47 Å². The molecule has 0 atom stereocenters. The molecule has 3 rings (SSSR count). The third-order valence-electron chi connectivity index (χ3n) is 4.94. The van der Waals surface area contributed by atoms with Gasteiger partial charge in [-0.15, -0.1) is 0 Å². The van der Waals surface area contributed by atoms with Crippen LogP contribution in [0.25, 0.3) is 0 Å². The number of nitrogens with zero attached hydrogens (tertiary/aromatic N) is 1. The lowest BCUT2D eigenvalue weighted by Gasteiger charge is -2.36. The van der Waals surface area contributed by atoms with Crippen LogP contribution in [0.5, 0.6) is 5.75 Å². The standard InChI is InChI=1S/C22H28ClN3O2/c1-16(2)28-20-8-6-19(7-9-20)26-21(24)25-15-22(10-12-27-13-11-22)17-4-3-5-18(23)14-17/h3-9,14,16H,10-13,15H2,1-2H3,(H3,24,25,26). The van der Waals surface area contributed by atoms with Gasteiger partial charge in [-0.25, -0.2) is 0 Å². The smallest absolute Gasteiger partial charge is 0.193 e. The zero-order valence-electron chi connectivity index (χ0n) is 16.5. The topological polar surface area (TPSA) is 68.9 Å². The molecule has 3 N–H and O–H groups in total. The summed E-state index contributed by atoms with van der Waals surface area (Å²) in [4.78, 5) is 4.65. The molecule has 0 saturated carbocycles. The Morgan fingerprint density at radius 3 is 2.57 bits per heavy atom. The minimum absolute atomic E-state index is 0.107. The second-order valence-corrected chi connectivity index (χ2v) is 7.86. The number of anilines is 1. The van der Waals surface area contributed by atoms with Crippen LogP contribution in [0.2, 0.25) is 5.02 Å². The Morgan fingerprint density at radius 2 is 1.93 bits per heavy atom. The number of ether oxygens (including phenoxy) is 2. The maximum atomic E-state index is 6.23. The van der Waals surface area contributed by atoms with Crippen molar-refractivity contribution >= 4 is 23.2 Å². The van der Waals surface area contributed by atoms with Gasteiger partial charge in [-0.05, 0) is 68.7 Å². The lowest BCUT2D eigenvalue weighted by atomic mass is 9.74. The summed E-state index contributed by atoms with van der Waals surface area (Å²) in [5.74, 6) is 1.23. The monoisotopic (exact) mass is 401 g/mol. The van der Waals surface area contributed by atoms with E-state index >= 15 is 0 Å². The highest BCUT2D eigenvalue weighted by atomic mass is 35.5. The van der Waals surface area contributed by atoms with Crippen molar-refractivity contribution in [3.8, 4) is 5.75 Å². The van der Waals surface area contributed by atoms with Gasteiger partial charge in [0.05, 0.1) is 12.6 Å². The quantitative estimate of drug-likeness (QED) is 0.548. The Bertz CT molecular complexity index is 800. The van der Waals surface area contributed by atoms with Gasteiger partial charge in [-0.2, -0.15) is 0 Å². The summed E-state index contributed by atoms with van der Waals surface area (Å²) in [7, 11) is 0. The second kappa shape index (κ2) is 9.30. The summed E-state index contributed by atoms with van der Waals surface area (Å²) in [6, 6.07) is 15.7. The van der Waals surface area contributed by atoms with Gasteiger partial charge in [0.1, 0.15) is 5.75 Å². The predicted octanol–water partition coefficient (Wildman–Crippen LogP) is 4.60. The molecule has 1 aliphatic rings. The van der Waals surface area contributed by atoms with Crippen LogP contribution < -0.4 is 15.8 Å². The summed E-state index contributed by atoms with van der Waals surface area (Å²) in [5, 5.41) is 3.90. The number of aliphatic imine (C=N–C) groups is 1. The SMILES string of the molecule is CC(C)Oc1ccc(NC(N)=NCC2(c3cccc(Cl)c3)CCOCC2)cc1. The molecule has 1 fully saturated rings. The van der Waals surface area contributed by atoms with E-state index in [1.54, 1.807) is 0 Å². The van der Waals surface area contributed by atoms with E-state index in [9.17, 15) is 0 Å². The highest BCUT2D eigenvalue weighted by molar-refractivity contribution is 6.30. The van der Waals surface area contributed by atoms with Crippen molar-refractivity contribution in [1.29, 1.82) is 0 Å². The number of benzene rings is 2. The van der Waals surface area contributed by atoms with Crippen LogP contribution >= 0.6 is 11.6 Å². The molecule has 1 aliphatic heterocycles. The minimum Gasteiger partial charge on any atom is -0.491 e.